The molecule has 2 heterocycles. The van der Waals surface area contributed by atoms with Gasteiger partial charge in [0.2, 0.25) is 5.95 Å². The smallest absolute Gasteiger partial charge is 0.261 e. The standard InChI is InChI=1S/C12H9BrN6O/c13-9-1-3-10(4-2-9)19-6-8(5-16-19)11(20)17-12-14-7-15-18-12/h1-7H,(H2,14,15,17,18,20). The van der Waals surface area contributed by atoms with E-state index in [2.05, 4.69) is 41.5 Å². The van der Waals surface area contributed by atoms with Crippen molar-refractivity contribution in [2.24, 2.45) is 0 Å². The SMILES string of the molecule is O=C(Nc1ncn[nH]1)c1cnn(-c2ccc(Br)cc2)c1. The van der Waals surface area contributed by atoms with E-state index in [0.29, 0.717) is 11.5 Å². The Balaban J connectivity index is 1.79. The summed E-state index contributed by atoms with van der Waals surface area (Å²) in [5, 5.41) is 13.0. The zero-order chi connectivity index (χ0) is 13.9. The molecule has 2 aromatic heterocycles. The van der Waals surface area contributed by atoms with Gasteiger partial charge in [-0.05, 0) is 24.3 Å². The minimum absolute atomic E-state index is 0.298. The van der Waals surface area contributed by atoms with Crippen molar-refractivity contribution in [3.8, 4) is 5.69 Å². The Morgan fingerprint density at radius 1 is 1.30 bits per heavy atom. The van der Waals surface area contributed by atoms with Gasteiger partial charge in [-0.15, -0.1) is 0 Å². The zero-order valence-corrected chi connectivity index (χ0v) is 11.7. The van der Waals surface area contributed by atoms with E-state index in [4.69, 9.17) is 0 Å². The van der Waals surface area contributed by atoms with Gasteiger partial charge in [0, 0.05) is 10.7 Å². The first-order valence-corrected chi connectivity index (χ1v) is 6.49. The Kier molecular flexibility index (Phi) is 3.30. The van der Waals surface area contributed by atoms with E-state index in [9.17, 15) is 4.79 Å². The molecular formula is C12H9BrN6O. The minimum Gasteiger partial charge on any atom is -0.291 e. The quantitative estimate of drug-likeness (QED) is 0.767. The summed E-state index contributed by atoms with van der Waals surface area (Å²) in [5.74, 6) is -0.00324. The number of amides is 1. The number of carbonyl (C=O) groups is 1. The second-order valence-electron chi connectivity index (χ2n) is 3.94. The summed E-state index contributed by atoms with van der Waals surface area (Å²) in [6.45, 7) is 0. The van der Waals surface area contributed by atoms with Gasteiger partial charge in [-0.3, -0.25) is 10.1 Å². The van der Waals surface area contributed by atoms with Gasteiger partial charge >= 0.3 is 0 Å². The molecule has 1 amide bonds. The monoisotopic (exact) mass is 332 g/mol. The van der Waals surface area contributed by atoms with Gasteiger partial charge in [0.05, 0.1) is 17.4 Å². The Bertz CT molecular complexity index is 719. The van der Waals surface area contributed by atoms with Gasteiger partial charge in [-0.2, -0.15) is 15.2 Å². The molecule has 0 spiro atoms. The lowest BCUT2D eigenvalue weighted by Gasteiger charge is -2.00. The highest BCUT2D eigenvalue weighted by molar-refractivity contribution is 9.10. The van der Waals surface area contributed by atoms with Crippen LogP contribution in [0.4, 0.5) is 5.95 Å². The molecule has 2 N–H and O–H groups in total. The Morgan fingerprint density at radius 2 is 2.10 bits per heavy atom. The van der Waals surface area contributed by atoms with E-state index in [1.165, 1.54) is 12.5 Å². The van der Waals surface area contributed by atoms with Crippen LogP contribution in [0.2, 0.25) is 0 Å². The molecule has 3 rings (SSSR count). The fraction of sp³-hybridized carbons (Fsp3) is 0. The molecule has 0 unspecified atom stereocenters. The van der Waals surface area contributed by atoms with Gasteiger partial charge in [0.1, 0.15) is 6.33 Å². The molecule has 0 saturated carbocycles. The zero-order valence-electron chi connectivity index (χ0n) is 10.1. The first-order chi connectivity index (χ1) is 9.72. The van der Waals surface area contributed by atoms with E-state index < -0.39 is 0 Å². The average Bonchev–Trinajstić information content (AvgIpc) is 3.10. The van der Waals surface area contributed by atoms with Gasteiger partial charge in [-0.1, -0.05) is 15.9 Å². The van der Waals surface area contributed by atoms with Crippen molar-refractivity contribution in [3.05, 3.63) is 53.0 Å². The number of nitrogens with one attached hydrogen (secondary N) is 2. The van der Waals surface area contributed by atoms with Crippen LogP contribution in [0, 0.1) is 0 Å². The second kappa shape index (κ2) is 5.25. The minimum atomic E-state index is -0.301. The summed E-state index contributed by atoms with van der Waals surface area (Å²) >= 11 is 3.37. The predicted octanol–water partition coefficient (Wildman–Crippen LogP) is 2.01. The summed E-state index contributed by atoms with van der Waals surface area (Å²) in [6, 6.07) is 7.61. The first kappa shape index (κ1) is 12.5. The van der Waals surface area contributed by atoms with Gasteiger partial charge in [0.25, 0.3) is 5.91 Å². The molecule has 0 saturated heterocycles. The Hall–Kier alpha value is -2.48. The third-order valence-electron chi connectivity index (χ3n) is 2.58. The lowest BCUT2D eigenvalue weighted by Crippen LogP contribution is -2.12. The lowest BCUT2D eigenvalue weighted by atomic mass is 10.3. The molecule has 0 radical (unpaired) electrons. The number of anilines is 1. The maximum absolute atomic E-state index is 12.0. The van der Waals surface area contributed by atoms with Crippen molar-refractivity contribution in [2.75, 3.05) is 5.32 Å². The normalized spacial score (nSPS) is 10.4. The van der Waals surface area contributed by atoms with Crippen LogP contribution in [0.15, 0.2) is 47.5 Å². The first-order valence-electron chi connectivity index (χ1n) is 5.70. The van der Waals surface area contributed by atoms with E-state index in [1.54, 1.807) is 10.9 Å². The van der Waals surface area contributed by atoms with Crippen LogP contribution in [0.25, 0.3) is 5.69 Å². The van der Waals surface area contributed by atoms with Crippen LogP contribution < -0.4 is 5.32 Å². The summed E-state index contributed by atoms with van der Waals surface area (Å²) in [4.78, 5) is 15.8. The van der Waals surface area contributed by atoms with Crippen LogP contribution in [0.3, 0.4) is 0 Å². The topological polar surface area (TPSA) is 88.5 Å². The van der Waals surface area contributed by atoms with Gasteiger partial charge in [-0.25, -0.2) is 9.78 Å². The molecule has 0 aliphatic rings. The summed E-state index contributed by atoms with van der Waals surface area (Å²) in [5.41, 5.74) is 1.30. The summed E-state index contributed by atoms with van der Waals surface area (Å²) < 4.78 is 2.61. The molecule has 3 aromatic rings. The van der Waals surface area contributed by atoms with Crippen molar-refractivity contribution >= 4 is 27.8 Å². The molecule has 8 heteroatoms. The van der Waals surface area contributed by atoms with E-state index in [0.717, 1.165) is 10.2 Å². The van der Waals surface area contributed by atoms with Crippen LogP contribution >= 0.6 is 15.9 Å². The maximum Gasteiger partial charge on any atom is 0.261 e. The number of nitrogens with zero attached hydrogens (tertiary/aromatic N) is 4. The van der Waals surface area contributed by atoms with Crippen molar-refractivity contribution < 1.29 is 4.79 Å². The molecule has 0 aliphatic carbocycles. The number of benzene rings is 1. The third kappa shape index (κ3) is 2.59. The van der Waals surface area contributed by atoms with Crippen LogP contribution in [0.5, 0.6) is 0 Å². The van der Waals surface area contributed by atoms with Crippen LogP contribution in [-0.4, -0.2) is 30.9 Å². The fourth-order valence-corrected chi connectivity index (χ4v) is 1.88. The van der Waals surface area contributed by atoms with Crippen LogP contribution in [0.1, 0.15) is 10.4 Å². The molecule has 0 atom stereocenters. The summed E-state index contributed by atoms with van der Waals surface area (Å²) in [6.07, 6.45) is 4.46. The number of H-pyrrole nitrogens is 1. The highest BCUT2D eigenvalue weighted by atomic mass is 79.9. The number of rotatable bonds is 3. The highest BCUT2D eigenvalue weighted by Gasteiger charge is 2.10. The van der Waals surface area contributed by atoms with Crippen molar-refractivity contribution in [1.29, 1.82) is 0 Å². The van der Waals surface area contributed by atoms with Crippen LogP contribution in [-0.2, 0) is 0 Å². The molecule has 1 aromatic carbocycles. The maximum atomic E-state index is 12.0. The lowest BCUT2D eigenvalue weighted by molar-refractivity contribution is 0.102. The number of hydrogen-bond donors (Lipinski definition) is 2. The average molecular weight is 333 g/mol. The molecule has 20 heavy (non-hydrogen) atoms. The van der Waals surface area contributed by atoms with Gasteiger partial charge < -0.3 is 0 Å². The van der Waals surface area contributed by atoms with E-state index >= 15 is 0 Å². The van der Waals surface area contributed by atoms with Crippen molar-refractivity contribution in [2.45, 2.75) is 0 Å². The summed E-state index contributed by atoms with van der Waals surface area (Å²) in [7, 11) is 0. The number of halogens is 1. The fourth-order valence-electron chi connectivity index (χ4n) is 1.62. The third-order valence-corrected chi connectivity index (χ3v) is 3.11. The van der Waals surface area contributed by atoms with Crippen molar-refractivity contribution in [1.82, 2.24) is 25.0 Å². The number of hydrogen-bond acceptors (Lipinski definition) is 4. The number of aromatic nitrogens is 5. The second-order valence-corrected chi connectivity index (χ2v) is 4.85. The van der Waals surface area contributed by atoms with Gasteiger partial charge in [0.15, 0.2) is 0 Å². The Labute approximate surface area is 122 Å². The molecular weight excluding hydrogens is 324 g/mol. The largest absolute Gasteiger partial charge is 0.291 e. The molecule has 0 bridgehead atoms. The predicted molar refractivity (Wildman–Crippen MR) is 75.6 cm³/mol. The molecule has 100 valence electrons. The Morgan fingerprint density at radius 3 is 2.80 bits per heavy atom. The highest BCUT2D eigenvalue weighted by Crippen LogP contribution is 2.14. The van der Waals surface area contributed by atoms with Crippen molar-refractivity contribution in [3.63, 3.8) is 0 Å². The number of aromatic amines is 1. The van der Waals surface area contributed by atoms with E-state index in [-0.39, 0.29) is 5.91 Å². The molecule has 0 fully saturated rings. The van der Waals surface area contributed by atoms with E-state index in [1.807, 2.05) is 24.3 Å². The number of carbonyl (C=O) groups excluding carboxylic acids is 1. The molecule has 0 aliphatic heterocycles. The molecule has 7 nitrogen and oxygen atoms in total.